The van der Waals surface area contributed by atoms with Gasteiger partial charge in [0, 0.05) is 30.3 Å². The van der Waals surface area contributed by atoms with Crippen molar-refractivity contribution in [3.05, 3.63) is 123 Å². The Morgan fingerprint density at radius 1 is 0.561 bits per heavy atom. The first-order valence-corrected chi connectivity index (χ1v) is 19.0. The molecule has 0 saturated carbocycles. The summed E-state index contributed by atoms with van der Waals surface area (Å²) in [5, 5.41) is 2.49. The number of benzene rings is 3. The van der Waals surface area contributed by atoms with E-state index in [0.717, 1.165) is 47.0 Å². The van der Waals surface area contributed by atoms with E-state index in [1.54, 1.807) is 7.11 Å². The van der Waals surface area contributed by atoms with E-state index in [4.69, 9.17) is 13.6 Å². The van der Waals surface area contributed by atoms with Gasteiger partial charge >= 0.3 is 0 Å². The lowest BCUT2D eigenvalue weighted by atomic mass is 10.2. The molecule has 3 aromatic carbocycles. The van der Waals surface area contributed by atoms with Crippen LogP contribution in [0.4, 0.5) is 17.1 Å². The Balaban J connectivity index is 2.11. The molecule has 0 atom stereocenters. The van der Waals surface area contributed by atoms with Crippen molar-refractivity contribution >= 4 is 44.1 Å². The number of rotatable bonds is 18. The van der Waals surface area contributed by atoms with E-state index < -0.39 is 16.6 Å². The van der Waals surface area contributed by atoms with Crippen molar-refractivity contribution in [3.63, 3.8) is 0 Å². The van der Waals surface area contributed by atoms with E-state index >= 15 is 0 Å². The first-order chi connectivity index (χ1) is 20.0. The smallest absolute Gasteiger partial charge is 0.231 e. The summed E-state index contributed by atoms with van der Waals surface area (Å²) in [4.78, 5) is 2.27. The van der Waals surface area contributed by atoms with Crippen molar-refractivity contribution in [1.29, 1.82) is 0 Å². The number of ether oxygens (including phenoxy) is 1. The summed E-state index contributed by atoms with van der Waals surface area (Å²) in [5.41, 5.74) is 3.17. The Bertz CT molecular complexity index is 1170. The standard InChI is InChI=1S/C35H45NO3Si2/c1-8-26-40(27-9-2,38-12-5)34-22-16-31(17-23-34)36(30-14-20-33(37-7)21-15-30)32-18-24-35(25-19-32)41(28-10-3,29-11-4)39-13-6/h8-11,14-25H,1-4,12-13,26-29H2,5-7H3. The predicted octanol–water partition coefficient (Wildman–Crippen LogP) is 8.29. The van der Waals surface area contributed by atoms with Gasteiger partial charge in [-0.25, -0.2) is 0 Å². The fraction of sp³-hybridized carbons (Fsp3) is 0.257. The van der Waals surface area contributed by atoms with Gasteiger partial charge in [0.05, 0.1) is 7.11 Å². The Hall–Kier alpha value is -3.43. The second-order valence-corrected chi connectivity index (χ2v) is 17.3. The first kappa shape index (κ1) is 32.1. The quantitative estimate of drug-likeness (QED) is 0.111. The molecule has 216 valence electrons. The maximum Gasteiger partial charge on any atom is 0.231 e. The van der Waals surface area contributed by atoms with Gasteiger partial charge in [-0.05, 0) is 96.9 Å². The Morgan fingerprint density at radius 2 is 0.878 bits per heavy atom. The first-order valence-electron chi connectivity index (χ1n) is 14.3. The molecule has 0 aliphatic heterocycles. The molecule has 3 aromatic rings. The Labute approximate surface area is 249 Å². The van der Waals surface area contributed by atoms with E-state index in [1.165, 1.54) is 10.4 Å². The third-order valence-electron chi connectivity index (χ3n) is 7.37. The molecule has 0 spiro atoms. The van der Waals surface area contributed by atoms with Crippen molar-refractivity contribution in [1.82, 2.24) is 0 Å². The van der Waals surface area contributed by atoms with Gasteiger partial charge in [-0.1, -0.05) is 48.6 Å². The molecule has 0 bridgehead atoms. The van der Waals surface area contributed by atoms with E-state index in [2.05, 4.69) is 106 Å². The average Bonchev–Trinajstić information content (AvgIpc) is 2.99. The SMILES string of the molecule is C=CC[Si](CC=C)(OCC)c1ccc(N(c2ccc(OC)cc2)c2ccc([Si](CC=C)(CC=C)OCC)cc2)cc1. The highest BCUT2D eigenvalue weighted by Crippen LogP contribution is 2.35. The number of nitrogens with zero attached hydrogens (tertiary/aromatic N) is 1. The second-order valence-electron chi connectivity index (χ2n) is 9.95. The van der Waals surface area contributed by atoms with Gasteiger partial charge in [-0.3, -0.25) is 0 Å². The van der Waals surface area contributed by atoms with Gasteiger partial charge in [0.2, 0.25) is 16.6 Å². The number of hydrogen-bond acceptors (Lipinski definition) is 4. The van der Waals surface area contributed by atoms with E-state index in [-0.39, 0.29) is 0 Å². The highest BCUT2D eigenvalue weighted by atomic mass is 28.4. The highest BCUT2D eigenvalue weighted by molar-refractivity contribution is 6.87. The number of anilines is 3. The molecular formula is C35H45NO3Si2. The van der Waals surface area contributed by atoms with E-state index in [9.17, 15) is 0 Å². The van der Waals surface area contributed by atoms with Crippen LogP contribution in [0, 0.1) is 0 Å². The zero-order valence-electron chi connectivity index (χ0n) is 25.0. The third-order valence-corrected chi connectivity index (χ3v) is 15.6. The fourth-order valence-electron chi connectivity index (χ4n) is 5.53. The van der Waals surface area contributed by atoms with Crippen molar-refractivity contribution in [2.75, 3.05) is 25.2 Å². The number of allylic oxidation sites excluding steroid dienone is 4. The summed E-state index contributed by atoms with van der Waals surface area (Å²) >= 11 is 0. The average molecular weight is 584 g/mol. The molecular weight excluding hydrogens is 539 g/mol. The van der Waals surface area contributed by atoms with Crippen LogP contribution in [-0.2, 0) is 8.85 Å². The van der Waals surface area contributed by atoms with Crippen molar-refractivity contribution in [2.24, 2.45) is 0 Å². The minimum atomic E-state index is -2.25. The lowest BCUT2D eigenvalue weighted by Crippen LogP contribution is -2.50. The summed E-state index contributed by atoms with van der Waals surface area (Å²) in [6.45, 7) is 21.5. The molecule has 0 aromatic heterocycles. The summed E-state index contributed by atoms with van der Waals surface area (Å²) in [5.74, 6) is 0.821. The maximum atomic E-state index is 6.44. The van der Waals surface area contributed by atoms with Crippen LogP contribution in [0.1, 0.15) is 13.8 Å². The summed E-state index contributed by atoms with van der Waals surface area (Å²) in [6, 6.07) is 29.2. The van der Waals surface area contributed by atoms with Crippen LogP contribution in [0.5, 0.6) is 5.75 Å². The summed E-state index contributed by atoms with van der Waals surface area (Å²) < 4.78 is 18.3. The lowest BCUT2D eigenvalue weighted by Gasteiger charge is -2.32. The monoisotopic (exact) mass is 583 g/mol. The van der Waals surface area contributed by atoms with Gasteiger partial charge < -0.3 is 18.5 Å². The van der Waals surface area contributed by atoms with Gasteiger partial charge in [0.25, 0.3) is 0 Å². The van der Waals surface area contributed by atoms with E-state index in [1.807, 2.05) is 36.4 Å². The predicted molar refractivity (Wildman–Crippen MR) is 182 cm³/mol. The lowest BCUT2D eigenvalue weighted by molar-refractivity contribution is 0.333. The third kappa shape index (κ3) is 7.46. The zero-order valence-corrected chi connectivity index (χ0v) is 27.0. The molecule has 3 rings (SSSR count). The molecule has 0 aliphatic rings. The van der Waals surface area contributed by atoms with Gasteiger partial charge in [0.1, 0.15) is 5.75 Å². The molecule has 0 amide bonds. The van der Waals surface area contributed by atoms with Crippen LogP contribution < -0.4 is 20.0 Å². The molecule has 0 fully saturated rings. The summed E-state index contributed by atoms with van der Waals surface area (Å²) in [6.07, 6.45) is 7.92. The minimum Gasteiger partial charge on any atom is -0.497 e. The van der Waals surface area contributed by atoms with Crippen LogP contribution in [-0.4, -0.2) is 37.0 Å². The second kappa shape index (κ2) is 15.5. The zero-order chi connectivity index (χ0) is 29.7. The molecule has 0 heterocycles. The van der Waals surface area contributed by atoms with E-state index in [0.29, 0.717) is 13.2 Å². The molecule has 0 unspecified atom stereocenters. The maximum absolute atomic E-state index is 6.44. The Morgan fingerprint density at radius 3 is 1.15 bits per heavy atom. The fourth-order valence-corrected chi connectivity index (χ4v) is 12.1. The molecule has 41 heavy (non-hydrogen) atoms. The minimum absolute atomic E-state index is 0.671. The molecule has 4 nitrogen and oxygen atoms in total. The molecule has 0 aliphatic carbocycles. The largest absolute Gasteiger partial charge is 0.497 e. The van der Waals surface area contributed by atoms with Gasteiger partial charge in [-0.2, -0.15) is 0 Å². The topological polar surface area (TPSA) is 30.9 Å². The van der Waals surface area contributed by atoms with Gasteiger partial charge in [-0.15, -0.1) is 26.3 Å². The number of hydrogen-bond donors (Lipinski definition) is 0. The Kier molecular flexibility index (Phi) is 12.2. The molecule has 0 radical (unpaired) electrons. The normalized spacial score (nSPS) is 11.5. The molecule has 6 heteroatoms. The highest BCUT2D eigenvalue weighted by Gasteiger charge is 2.36. The van der Waals surface area contributed by atoms with Crippen molar-refractivity contribution in [2.45, 2.75) is 38.0 Å². The van der Waals surface area contributed by atoms with Crippen LogP contribution in [0.25, 0.3) is 0 Å². The van der Waals surface area contributed by atoms with Crippen LogP contribution >= 0.6 is 0 Å². The van der Waals surface area contributed by atoms with Crippen molar-refractivity contribution < 1.29 is 13.6 Å². The van der Waals surface area contributed by atoms with Crippen molar-refractivity contribution in [3.8, 4) is 5.75 Å². The number of methoxy groups -OCH3 is 1. The van der Waals surface area contributed by atoms with Gasteiger partial charge in [0.15, 0.2) is 0 Å². The molecule has 0 saturated heterocycles. The van der Waals surface area contributed by atoms with Crippen LogP contribution in [0.2, 0.25) is 24.2 Å². The summed E-state index contributed by atoms with van der Waals surface area (Å²) in [7, 11) is -2.81. The van der Waals surface area contributed by atoms with Crippen LogP contribution in [0.15, 0.2) is 123 Å². The van der Waals surface area contributed by atoms with Crippen LogP contribution in [0.3, 0.4) is 0 Å². The molecule has 0 N–H and O–H groups in total.